The molecule has 0 amide bonds. The van der Waals surface area contributed by atoms with Crippen molar-refractivity contribution in [3.05, 3.63) is 35.4 Å². The van der Waals surface area contributed by atoms with Crippen LogP contribution in [0.2, 0.25) is 0 Å². The highest BCUT2D eigenvalue weighted by Crippen LogP contribution is 2.24. The number of methoxy groups -OCH3 is 1. The lowest BCUT2D eigenvalue weighted by molar-refractivity contribution is 0.0738. The van der Waals surface area contributed by atoms with Crippen molar-refractivity contribution in [1.82, 2.24) is 5.32 Å². The monoisotopic (exact) mass is 219 g/mol. The largest absolute Gasteiger partial charge is 0.380 e. The Morgan fingerprint density at radius 1 is 1.25 bits per heavy atom. The van der Waals surface area contributed by atoms with Gasteiger partial charge in [-0.2, -0.15) is 0 Å². The van der Waals surface area contributed by atoms with Crippen LogP contribution in [0.3, 0.4) is 0 Å². The number of piperidine rings is 1. The number of hydrogen-bond donors (Lipinski definition) is 1. The summed E-state index contributed by atoms with van der Waals surface area (Å²) in [4.78, 5) is 0. The molecule has 2 nitrogen and oxygen atoms in total. The summed E-state index contributed by atoms with van der Waals surface area (Å²) < 4.78 is 5.43. The van der Waals surface area contributed by atoms with Gasteiger partial charge in [0.15, 0.2) is 0 Å². The van der Waals surface area contributed by atoms with Crippen molar-refractivity contribution in [2.45, 2.75) is 31.8 Å². The lowest BCUT2D eigenvalue weighted by Gasteiger charge is -2.29. The molecule has 0 spiro atoms. The van der Waals surface area contributed by atoms with Gasteiger partial charge in [0.25, 0.3) is 0 Å². The van der Waals surface area contributed by atoms with E-state index in [1.165, 1.54) is 11.1 Å². The first-order chi connectivity index (χ1) is 7.83. The van der Waals surface area contributed by atoms with Gasteiger partial charge >= 0.3 is 0 Å². The summed E-state index contributed by atoms with van der Waals surface area (Å²) in [5, 5.41) is 3.44. The van der Waals surface area contributed by atoms with Gasteiger partial charge in [-0.05, 0) is 29.9 Å². The third kappa shape index (κ3) is 2.63. The first-order valence-corrected chi connectivity index (χ1v) is 6.15. The number of nitrogens with one attached hydrogen (secondary N) is 1. The van der Waals surface area contributed by atoms with Crippen LogP contribution in [-0.2, 0) is 11.2 Å². The molecule has 1 N–H and O–H groups in total. The van der Waals surface area contributed by atoms with E-state index in [0.29, 0.717) is 12.0 Å². The van der Waals surface area contributed by atoms with Gasteiger partial charge in [-0.3, -0.25) is 0 Å². The molecule has 2 heteroatoms. The fourth-order valence-electron chi connectivity index (χ4n) is 2.36. The zero-order valence-corrected chi connectivity index (χ0v) is 10.2. The van der Waals surface area contributed by atoms with Gasteiger partial charge in [-0.1, -0.05) is 31.2 Å². The maximum Gasteiger partial charge on any atom is 0.0702 e. The van der Waals surface area contributed by atoms with Crippen LogP contribution in [0.1, 0.15) is 30.4 Å². The average Bonchev–Trinajstić information content (AvgIpc) is 2.39. The van der Waals surface area contributed by atoms with E-state index < -0.39 is 0 Å². The molecule has 1 aromatic rings. The highest BCUT2D eigenvalue weighted by Gasteiger charge is 2.22. The Balaban J connectivity index is 2.05. The molecule has 1 fully saturated rings. The molecule has 1 aliphatic rings. The van der Waals surface area contributed by atoms with E-state index in [1.54, 1.807) is 7.11 Å². The first kappa shape index (κ1) is 11.6. The molecule has 1 aromatic carbocycles. The van der Waals surface area contributed by atoms with E-state index in [-0.39, 0.29) is 0 Å². The van der Waals surface area contributed by atoms with Crippen LogP contribution >= 0.6 is 0 Å². The predicted octanol–water partition coefficient (Wildman–Crippen LogP) is 2.34. The van der Waals surface area contributed by atoms with E-state index in [4.69, 9.17) is 4.74 Å². The lowest BCUT2D eigenvalue weighted by atomic mass is 9.89. The fraction of sp³-hybridized carbons (Fsp3) is 0.571. The minimum absolute atomic E-state index is 0.365. The third-order valence-corrected chi connectivity index (χ3v) is 3.50. The molecule has 0 aliphatic carbocycles. The van der Waals surface area contributed by atoms with Crippen LogP contribution in [0.5, 0.6) is 0 Å². The maximum atomic E-state index is 5.43. The maximum absolute atomic E-state index is 5.43. The molecule has 0 saturated carbocycles. The Kier molecular flexibility index (Phi) is 3.97. The number of rotatable bonds is 3. The van der Waals surface area contributed by atoms with Crippen molar-refractivity contribution >= 4 is 0 Å². The Hall–Kier alpha value is -0.860. The molecule has 1 saturated heterocycles. The molecule has 16 heavy (non-hydrogen) atoms. The van der Waals surface area contributed by atoms with E-state index in [1.807, 2.05) is 0 Å². The molecule has 2 rings (SSSR count). The fourth-order valence-corrected chi connectivity index (χ4v) is 2.36. The summed E-state index contributed by atoms with van der Waals surface area (Å²) in [6.07, 6.45) is 2.61. The van der Waals surface area contributed by atoms with E-state index >= 15 is 0 Å². The summed E-state index contributed by atoms with van der Waals surface area (Å²) in [6.45, 7) is 4.25. The summed E-state index contributed by atoms with van der Waals surface area (Å²) in [5.74, 6) is 0.601. The van der Waals surface area contributed by atoms with E-state index in [0.717, 1.165) is 25.9 Å². The molecule has 0 bridgehead atoms. The smallest absolute Gasteiger partial charge is 0.0702 e. The van der Waals surface area contributed by atoms with Gasteiger partial charge in [-0.15, -0.1) is 0 Å². The van der Waals surface area contributed by atoms with Gasteiger partial charge < -0.3 is 10.1 Å². The third-order valence-electron chi connectivity index (χ3n) is 3.50. The number of aryl methyl sites for hydroxylation is 1. The molecule has 1 heterocycles. The molecular weight excluding hydrogens is 198 g/mol. The Bertz CT molecular complexity index is 320. The van der Waals surface area contributed by atoms with Gasteiger partial charge in [-0.25, -0.2) is 0 Å². The second-order valence-electron chi connectivity index (χ2n) is 4.54. The van der Waals surface area contributed by atoms with Crippen LogP contribution in [-0.4, -0.2) is 26.3 Å². The van der Waals surface area contributed by atoms with Crippen LogP contribution in [0.15, 0.2) is 24.3 Å². The van der Waals surface area contributed by atoms with Gasteiger partial charge in [0.05, 0.1) is 6.10 Å². The number of benzene rings is 1. The van der Waals surface area contributed by atoms with Crippen LogP contribution in [0, 0.1) is 0 Å². The topological polar surface area (TPSA) is 21.3 Å². The average molecular weight is 219 g/mol. The predicted molar refractivity (Wildman–Crippen MR) is 66.8 cm³/mol. The second-order valence-corrected chi connectivity index (χ2v) is 4.54. The number of hydrogen-bond acceptors (Lipinski definition) is 2. The molecule has 1 aliphatic heterocycles. The first-order valence-electron chi connectivity index (χ1n) is 6.15. The van der Waals surface area contributed by atoms with Gasteiger partial charge in [0.1, 0.15) is 0 Å². The minimum Gasteiger partial charge on any atom is -0.380 e. The number of ether oxygens (including phenoxy) is 1. The van der Waals surface area contributed by atoms with Crippen molar-refractivity contribution in [3.63, 3.8) is 0 Å². The quantitative estimate of drug-likeness (QED) is 0.842. The van der Waals surface area contributed by atoms with Crippen molar-refractivity contribution in [2.75, 3.05) is 20.2 Å². The molecule has 2 atom stereocenters. The van der Waals surface area contributed by atoms with Gasteiger partial charge in [0.2, 0.25) is 0 Å². The van der Waals surface area contributed by atoms with Gasteiger partial charge in [0, 0.05) is 20.2 Å². The summed E-state index contributed by atoms with van der Waals surface area (Å²) in [6, 6.07) is 9.02. The van der Waals surface area contributed by atoms with Crippen molar-refractivity contribution < 1.29 is 4.74 Å². The van der Waals surface area contributed by atoms with Crippen LogP contribution < -0.4 is 5.32 Å². The summed E-state index contributed by atoms with van der Waals surface area (Å²) >= 11 is 0. The molecule has 0 radical (unpaired) electrons. The van der Waals surface area contributed by atoms with E-state index in [2.05, 4.69) is 36.5 Å². The van der Waals surface area contributed by atoms with Crippen molar-refractivity contribution in [3.8, 4) is 0 Å². The van der Waals surface area contributed by atoms with Crippen molar-refractivity contribution in [1.29, 1.82) is 0 Å². The van der Waals surface area contributed by atoms with Crippen molar-refractivity contribution in [2.24, 2.45) is 0 Å². The highest BCUT2D eigenvalue weighted by molar-refractivity contribution is 5.26. The molecule has 0 aromatic heterocycles. The second kappa shape index (κ2) is 5.46. The minimum atomic E-state index is 0.365. The van der Waals surface area contributed by atoms with Crippen LogP contribution in [0.25, 0.3) is 0 Å². The van der Waals surface area contributed by atoms with E-state index in [9.17, 15) is 0 Å². The lowest BCUT2D eigenvalue weighted by Crippen LogP contribution is -2.39. The Morgan fingerprint density at radius 3 is 2.62 bits per heavy atom. The Labute approximate surface area is 98.0 Å². The zero-order chi connectivity index (χ0) is 11.4. The standard InChI is InChI=1S/C14H21NO/c1-3-11-4-6-12(7-5-11)13-8-14(16-2)10-15-9-13/h4-7,13-15H,3,8-10H2,1-2H3. The molecule has 88 valence electrons. The Morgan fingerprint density at radius 2 is 2.00 bits per heavy atom. The SMILES string of the molecule is CCc1ccc(C2CNCC(OC)C2)cc1. The normalized spacial score (nSPS) is 25.6. The highest BCUT2D eigenvalue weighted by atomic mass is 16.5. The zero-order valence-electron chi connectivity index (χ0n) is 10.2. The van der Waals surface area contributed by atoms with Crippen LogP contribution in [0.4, 0.5) is 0 Å². The molecule has 2 unspecified atom stereocenters. The summed E-state index contributed by atoms with van der Waals surface area (Å²) in [5.41, 5.74) is 2.85. The summed E-state index contributed by atoms with van der Waals surface area (Å²) in [7, 11) is 1.80. The molecular formula is C14H21NO.